The number of rotatable bonds is 7. The normalized spacial score (nSPS) is 14.5. The number of benzene rings is 2. The number of nitrogens with zero attached hydrogens (tertiary/aromatic N) is 2. The van der Waals surface area contributed by atoms with E-state index in [4.69, 9.17) is 4.74 Å². The van der Waals surface area contributed by atoms with E-state index in [2.05, 4.69) is 26.1 Å². The first-order chi connectivity index (χ1) is 16.0. The van der Waals surface area contributed by atoms with Crippen LogP contribution >= 0.6 is 11.3 Å². The lowest BCUT2D eigenvalue weighted by Crippen LogP contribution is -2.44. The minimum atomic E-state index is -0.785. The van der Waals surface area contributed by atoms with Gasteiger partial charge in [-0.3, -0.25) is 15.0 Å². The highest BCUT2D eigenvalue weighted by Gasteiger charge is 2.23. The van der Waals surface area contributed by atoms with Crippen LogP contribution in [0.1, 0.15) is 33.2 Å². The van der Waals surface area contributed by atoms with E-state index in [0.29, 0.717) is 18.9 Å². The molecule has 1 aromatic heterocycles. The number of hydrogen-bond acceptors (Lipinski definition) is 7. The van der Waals surface area contributed by atoms with Gasteiger partial charge in [0.15, 0.2) is 5.13 Å². The van der Waals surface area contributed by atoms with E-state index in [1.54, 1.807) is 5.38 Å². The zero-order valence-electron chi connectivity index (χ0n) is 18.6. The maximum absolute atomic E-state index is 13.2. The molecule has 1 atom stereocenters. The monoisotopic (exact) mass is 465 g/mol. The summed E-state index contributed by atoms with van der Waals surface area (Å²) in [5.41, 5.74) is 9.34. The number of anilines is 2. The Kier molecular flexibility index (Phi) is 7.33. The number of aromatic nitrogens is 1. The van der Waals surface area contributed by atoms with Gasteiger partial charge in [-0.2, -0.15) is 0 Å². The first-order valence-electron chi connectivity index (χ1n) is 10.8. The van der Waals surface area contributed by atoms with Gasteiger partial charge in [0.05, 0.1) is 13.2 Å². The lowest BCUT2D eigenvalue weighted by Gasteiger charge is -2.26. The maximum atomic E-state index is 13.2. The smallest absolute Gasteiger partial charge is 0.284 e. The summed E-state index contributed by atoms with van der Waals surface area (Å²) in [6.07, 6.45) is 0. The number of nitrogens with one attached hydrogen (secondary N) is 3. The molecule has 4 rings (SSSR count). The van der Waals surface area contributed by atoms with Gasteiger partial charge in [-0.05, 0) is 36.6 Å². The van der Waals surface area contributed by atoms with Crippen molar-refractivity contribution in [3.8, 4) is 0 Å². The second kappa shape index (κ2) is 10.6. The van der Waals surface area contributed by atoms with E-state index < -0.39 is 11.9 Å². The van der Waals surface area contributed by atoms with Crippen molar-refractivity contribution in [1.29, 1.82) is 0 Å². The van der Waals surface area contributed by atoms with Crippen LogP contribution in [0.3, 0.4) is 0 Å². The number of carbonyl (C=O) groups is 2. The molecule has 2 heterocycles. The summed E-state index contributed by atoms with van der Waals surface area (Å²) >= 11 is 1.42. The van der Waals surface area contributed by atoms with Crippen molar-refractivity contribution in [2.75, 3.05) is 36.5 Å². The molecule has 1 fully saturated rings. The van der Waals surface area contributed by atoms with Crippen molar-refractivity contribution >= 4 is 34.0 Å². The molecule has 3 N–H and O–H groups in total. The van der Waals surface area contributed by atoms with Crippen LogP contribution < -0.4 is 21.1 Å². The summed E-state index contributed by atoms with van der Waals surface area (Å²) in [6, 6.07) is 14.4. The van der Waals surface area contributed by atoms with Crippen LogP contribution in [0.25, 0.3) is 0 Å². The van der Waals surface area contributed by atoms with Crippen molar-refractivity contribution < 1.29 is 14.3 Å². The fourth-order valence-corrected chi connectivity index (χ4v) is 4.35. The van der Waals surface area contributed by atoms with Gasteiger partial charge in [0.2, 0.25) is 5.91 Å². The first-order valence-corrected chi connectivity index (χ1v) is 11.7. The molecule has 8 nitrogen and oxygen atoms in total. The van der Waals surface area contributed by atoms with Crippen molar-refractivity contribution in [3.05, 3.63) is 76.3 Å². The van der Waals surface area contributed by atoms with Crippen LogP contribution in [0, 0.1) is 13.8 Å². The molecular weight excluding hydrogens is 438 g/mol. The topological polar surface area (TPSA) is 95.6 Å². The van der Waals surface area contributed by atoms with Crippen molar-refractivity contribution in [2.24, 2.45) is 0 Å². The number of morpholine rings is 1. The van der Waals surface area contributed by atoms with Gasteiger partial charge >= 0.3 is 0 Å². The third kappa shape index (κ3) is 5.75. The molecular formula is C24H27N5O3S. The summed E-state index contributed by atoms with van der Waals surface area (Å²) in [6.45, 7) is 6.72. The van der Waals surface area contributed by atoms with E-state index >= 15 is 0 Å². The highest BCUT2D eigenvalue weighted by atomic mass is 32.1. The molecule has 2 amide bonds. The Labute approximate surface area is 197 Å². The van der Waals surface area contributed by atoms with Gasteiger partial charge in [-0.25, -0.2) is 10.4 Å². The SMILES string of the molecule is Cc1ccc(C)c(NC(=O)[C@@H](NNC(=O)c2csc(N3CCOCC3)n2)c2ccccc2)c1. The highest BCUT2D eigenvalue weighted by molar-refractivity contribution is 7.13. The molecule has 0 aliphatic carbocycles. The molecule has 0 unspecified atom stereocenters. The molecule has 0 saturated carbocycles. The second-order valence-electron chi connectivity index (χ2n) is 7.86. The third-order valence-electron chi connectivity index (χ3n) is 5.38. The van der Waals surface area contributed by atoms with Crippen LogP contribution in [-0.2, 0) is 9.53 Å². The zero-order chi connectivity index (χ0) is 23.2. The summed E-state index contributed by atoms with van der Waals surface area (Å²) in [5, 5.41) is 5.48. The number of hydrazine groups is 1. The largest absolute Gasteiger partial charge is 0.378 e. The average molecular weight is 466 g/mol. The summed E-state index contributed by atoms with van der Waals surface area (Å²) in [5.74, 6) is -0.672. The molecule has 1 saturated heterocycles. The Hall–Kier alpha value is -3.27. The van der Waals surface area contributed by atoms with E-state index in [0.717, 1.165) is 40.6 Å². The van der Waals surface area contributed by atoms with Crippen LogP contribution in [0.5, 0.6) is 0 Å². The minimum Gasteiger partial charge on any atom is -0.378 e. The van der Waals surface area contributed by atoms with Crippen LogP contribution in [0.4, 0.5) is 10.8 Å². The predicted octanol–water partition coefficient (Wildman–Crippen LogP) is 3.21. The summed E-state index contributed by atoms with van der Waals surface area (Å²) < 4.78 is 5.37. The molecule has 2 aromatic carbocycles. The summed E-state index contributed by atoms with van der Waals surface area (Å²) in [7, 11) is 0. The van der Waals surface area contributed by atoms with Crippen molar-refractivity contribution in [1.82, 2.24) is 15.8 Å². The first kappa shape index (κ1) is 22.9. The highest BCUT2D eigenvalue weighted by Crippen LogP contribution is 2.22. The number of hydrogen-bond donors (Lipinski definition) is 3. The molecule has 172 valence electrons. The third-order valence-corrected chi connectivity index (χ3v) is 6.28. The number of aryl methyl sites for hydroxylation is 2. The van der Waals surface area contributed by atoms with Gasteiger partial charge in [-0.1, -0.05) is 42.5 Å². The fraction of sp³-hybridized carbons (Fsp3) is 0.292. The molecule has 1 aliphatic rings. The standard InChI is InChI=1S/C24H27N5O3S/c1-16-8-9-17(2)19(14-16)25-23(31)21(18-6-4-3-5-7-18)27-28-22(30)20-15-33-24(26-20)29-10-12-32-13-11-29/h3-9,14-15,21,27H,10-13H2,1-2H3,(H,25,31)(H,28,30)/t21-/m0/s1. The van der Waals surface area contributed by atoms with Gasteiger partial charge in [0.1, 0.15) is 11.7 Å². The van der Waals surface area contributed by atoms with Crippen LogP contribution in [-0.4, -0.2) is 43.1 Å². The number of amides is 2. The van der Waals surface area contributed by atoms with Gasteiger partial charge in [0.25, 0.3) is 5.91 Å². The molecule has 3 aromatic rings. The van der Waals surface area contributed by atoms with E-state index in [1.165, 1.54) is 11.3 Å². The van der Waals surface area contributed by atoms with Crippen LogP contribution in [0.2, 0.25) is 0 Å². The van der Waals surface area contributed by atoms with E-state index in [-0.39, 0.29) is 5.91 Å². The zero-order valence-corrected chi connectivity index (χ0v) is 19.4. The Bertz CT molecular complexity index is 1110. The van der Waals surface area contributed by atoms with Crippen molar-refractivity contribution in [2.45, 2.75) is 19.9 Å². The summed E-state index contributed by atoms with van der Waals surface area (Å²) in [4.78, 5) is 32.5. The quantitative estimate of drug-likeness (QED) is 0.464. The lowest BCUT2D eigenvalue weighted by molar-refractivity contribution is -0.118. The number of thiazole rings is 1. The van der Waals surface area contributed by atoms with Gasteiger partial charge in [0, 0.05) is 24.2 Å². The minimum absolute atomic E-state index is 0.275. The Balaban J connectivity index is 1.46. The number of carbonyl (C=O) groups excluding carboxylic acids is 2. The fourth-order valence-electron chi connectivity index (χ4n) is 3.49. The Morgan fingerprint density at radius 2 is 1.85 bits per heavy atom. The maximum Gasteiger partial charge on any atom is 0.284 e. The van der Waals surface area contributed by atoms with E-state index in [1.807, 2.05) is 62.4 Å². The van der Waals surface area contributed by atoms with E-state index in [9.17, 15) is 9.59 Å². The Morgan fingerprint density at radius 3 is 2.61 bits per heavy atom. The number of ether oxygens (including phenoxy) is 1. The molecule has 1 aliphatic heterocycles. The molecule has 0 radical (unpaired) electrons. The van der Waals surface area contributed by atoms with Gasteiger partial charge in [-0.15, -0.1) is 11.3 Å². The predicted molar refractivity (Wildman–Crippen MR) is 129 cm³/mol. The van der Waals surface area contributed by atoms with Crippen LogP contribution in [0.15, 0.2) is 53.9 Å². The molecule has 9 heteroatoms. The molecule has 0 bridgehead atoms. The Morgan fingerprint density at radius 1 is 1.09 bits per heavy atom. The molecule has 33 heavy (non-hydrogen) atoms. The average Bonchev–Trinajstić information content (AvgIpc) is 3.33. The molecule has 0 spiro atoms. The van der Waals surface area contributed by atoms with Gasteiger partial charge < -0.3 is 15.0 Å². The lowest BCUT2D eigenvalue weighted by atomic mass is 10.1. The second-order valence-corrected chi connectivity index (χ2v) is 8.70. The van der Waals surface area contributed by atoms with Crippen molar-refractivity contribution in [3.63, 3.8) is 0 Å².